The van der Waals surface area contributed by atoms with Crippen LogP contribution in [-0.2, 0) is 0 Å². The van der Waals surface area contributed by atoms with Crippen molar-refractivity contribution in [3.05, 3.63) is 58.4 Å². The predicted molar refractivity (Wildman–Crippen MR) is 69.6 cm³/mol. The van der Waals surface area contributed by atoms with Crippen molar-refractivity contribution in [2.45, 2.75) is 0 Å². The maximum Gasteiger partial charge on any atom is 0.146 e. The van der Waals surface area contributed by atoms with E-state index in [0.717, 1.165) is 4.47 Å². The second-order valence-electron chi connectivity index (χ2n) is 3.25. The van der Waals surface area contributed by atoms with Crippen molar-refractivity contribution in [1.29, 1.82) is 0 Å². The second-order valence-corrected chi connectivity index (χ2v) is 4.17. The third-order valence-corrected chi connectivity index (χ3v) is 2.50. The van der Waals surface area contributed by atoms with Crippen LogP contribution in [0.3, 0.4) is 0 Å². The van der Waals surface area contributed by atoms with Gasteiger partial charge in [-0.1, -0.05) is 22.0 Å². The Labute approximate surface area is 107 Å². The number of benzene rings is 1. The van der Waals surface area contributed by atoms with Crippen LogP contribution in [0.1, 0.15) is 5.56 Å². The lowest BCUT2D eigenvalue weighted by molar-refractivity contribution is 0.625. The zero-order valence-corrected chi connectivity index (χ0v) is 10.4. The van der Waals surface area contributed by atoms with Gasteiger partial charge in [0.25, 0.3) is 0 Å². The zero-order valence-electron chi connectivity index (χ0n) is 8.77. The molecule has 1 aromatic heterocycles. The van der Waals surface area contributed by atoms with Crippen molar-refractivity contribution in [1.82, 2.24) is 4.98 Å². The molecular weight excluding hydrogens is 285 g/mol. The molecule has 0 fully saturated rings. The molecule has 0 aliphatic carbocycles. The summed E-state index contributed by atoms with van der Waals surface area (Å²) in [5.74, 6) is 0.291. The van der Waals surface area contributed by atoms with Crippen LogP contribution in [0.15, 0.2) is 52.2 Å². The molecule has 86 valence electrons. The molecule has 0 bridgehead atoms. The smallest absolute Gasteiger partial charge is 0.146 e. The summed E-state index contributed by atoms with van der Waals surface area (Å²) in [6, 6.07) is 10.1. The first kappa shape index (κ1) is 11.7. The summed E-state index contributed by atoms with van der Waals surface area (Å²) in [6.45, 7) is 0. The quantitative estimate of drug-likeness (QED) is 0.695. The molecule has 0 atom stereocenters. The molecule has 1 heterocycles. The van der Waals surface area contributed by atoms with Gasteiger partial charge in [-0.25, -0.2) is 9.37 Å². The lowest BCUT2D eigenvalue weighted by atomic mass is 10.2. The van der Waals surface area contributed by atoms with Gasteiger partial charge in [-0.2, -0.15) is 5.10 Å². The largest absolute Gasteiger partial charge is 0.261 e. The molecule has 1 N–H and O–H groups in total. The highest BCUT2D eigenvalue weighted by molar-refractivity contribution is 9.10. The van der Waals surface area contributed by atoms with Crippen LogP contribution in [0.5, 0.6) is 0 Å². The summed E-state index contributed by atoms with van der Waals surface area (Å²) < 4.78 is 14.1. The molecule has 0 saturated carbocycles. The van der Waals surface area contributed by atoms with Gasteiger partial charge in [0.1, 0.15) is 11.6 Å². The average Bonchev–Trinajstić information content (AvgIpc) is 2.35. The Morgan fingerprint density at radius 1 is 1.29 bits per heavy atom. The van der Waals surface area contributed by atoms with E-state index < -0.39 is 0 Å². The number of hydrazone groups is 1. The van der Waals surface area contributed by atoms with Gasteiger partial charge in [0.15, 0.2) is 0 Å². The highest BCUT2D eigenvalue weighted by atomic mass is 79.9. The molecule has 5 heteroatoms. The van der Waals surface area contributed by atoms with E-state index in [1.54, 1.807) is 24.4 Å². The van der Waals surface area contributed by atoms with E-state index >= 15 is 0 Å². The first-order valence-electron chi connectivity index (χ1n) is 4.91. The number of anilines is 1. The number of hydrogen-bond acceptors (Lipinski definition) is 3. The van der Waals surface area contributed by atoms with Crippen molar-refractivity contribution in [3.8, 4) is 0 Å². The van der Waals surface area contributed by atoms with E-state index in [2.05, 4.69) is 31.4 Å². The van der Waals surface area contributed by atoms with Gasteiger partial charge >= 0.3 is 0 Å². The highest BCUT2D eigenvalue weighted by Crippen LogP contribution is 2.13. The number of halogens is 2. The molecule has 17 heavy (non-hydrogen) atoms. The van der Waals surface area contributed by atoms with Crippen LogP contribution in [0, 0.1) is 5.82 Å². The Bertz CT molecular complexity index is 529. The molecule has 0 amide bonds. The summed E-state index contributed by atoms with van der Waals surface area (Å²) in [7, 11) is 0. The van der Waals surface area contributed by atoms with Crippen LogP contribution in [0.25, 0.3) is 0 Å². The number of rotatable bonds is 3. The van der Waals surface area contributed by atoms with E-state index in [1.165, 1.54) is 12.3 Å². The third-order valence-electron chi connectivity index (χ3n) is 2.01. The van der Waals surface area contributed by atoms with Crippen LogP contribution in [0.4, 0.5) is 10.2 Å². The molecule has 1 aromatic carbocycles. The van der Waals surface area contributed by atoms with Crippen molar-refractivity contribution < 1.29 is 4.39 Å². The van der Waals surface area contributed by atoms with Crippen LogP contribution in [0.2, 0.25) is 0 Å². The molecule has 0 spiro atoms. The number of aromatic nitrogens is 1. The van der Waals surface area contributed by atoms with Crippen LogP contribution in [-0.4, -0.2) is 11.2 Å². The minimum atomic E-state index is -0.320. The van der Waals surface area contributed by atoms with Gasteiger partial charge in [0, 0.05) is 16.2 Å². The Morgan fingerprint density at radius 3 is 2.94 bits per heavy atom. The molecule has 2 aromatic rings. The lowest BCUT2D eigenvalue weighted by Crippen LogP contribution is -1.94. The molecule has 3 nitrogen and oxygen atoms in total. The molecule has 0 saturated heterocycles. The zero-order chi connectivity index (χ0) is 12.1. The predicted octanol–water partition coefficient (Wildman–Crippen LogP) is 3.43. The van der Waals surface area contributed by atoms with Gasteiger partial charge in [-0.05, 0) is 30.3 Å². The van der Waals surface area contributed by atoms with Crippen molar-refractivity contribution in [3.63, 3.8) is 0 Å². The Hall–Kier alpha value is -1.75. The topological polar surface area (TPSA) is 37.3 Å². The molecular formula is C12H9BrFN3. The summed E-state index contributed by atoms with van der Waals surface area (Å²) in [4.78, 5) is 4.02. The Kier molecular flexibility index (Phi) is 3.82. The molecule has 2 rings (SSSR count). The Balaban J connectivity index is 2.08. The third kappa shape index (κ3) is 3.35. The summed E-state index contributed by atoms with van der Waals surface area (Å²) in [5, 5.41) is 3.92. The van der Waals surface area contributed by atoms with E-state index in [9.17, 15) is 4.39 Å². The molecule has 0 radical (unpaired) electrons. The summed E-state index contributed by atoms with van der Waals surface area (Å²) in [6.07, 6.45) is 3.06. The van der Waals surface area contributed by atoms with E-state index in [0.29, 0.717) is 11.4 Å². The summed E-state index contributed by atoms with van der Waals surface area (Å²) in [5.41, 5.74) is 3.12. The van der Waals surface area contributed by atoms with Crippen LogP contribution < -0.4 is 5.43 Å². The molecule has 0 unspecified atom stereocenters. The average molecular weight is 294 g/mol. The fourth-order valence-corrected chi connectivity index (χ4v) is 1.59. The standard InChI is InChI=1S/C12H9BrFN3/c13-10-4-5-11(14)9(7-10)8-16-17-12-3-1-2-6-15-12/h1-8H,(H,15,17)/b16-8-. The van der Waals surface area contributed by atoms with E-state index in [-0.39, 0.29) is 5.82 Å². The van der Waals surface area contributed by atoms with Gasteiger partial charge in [-0.15, -0.1) is 0 Å². The fraction of sp³-hybridized carbons (Fsp3) is 0. The van der Waals surface area contributed by atoms with Gasteiger partial charge in [-0.3, -0.25) is 5.43 Å². The minimum Gasteiger partial charge on any atom is -0.261 e. The highest BCUT2D eigenvalue weighted by Gasteiger charge is 1.99. The second kappa shape index (κ2) is 5.54. The maximum atomic E-state index is 13.3. The van der Waals surface area contributed by atoms with Crippen LogP contribution >= 0.6 is 15.9 Å². The lowest BCUT2D eigenvalue weighted by Gasteiger charge is -1.99. The number of nitrogens with one attached hydrogen (secondary N) is 1. The first-order valence-corrected chi connectivity index (χ1v) is 5.70. The van der Waals surface area contributed by atoms with E-state index in [4.69, 9.17) is 0 Å². The van der Waals surface area contributed by atoms with Gasteiger partial charge in [0.2, 0.25) is 0 Å². The molecule has 0 aliphatic heterocycles. The van der Waals surface area contributed by atoms with Crippen molar-refractivity contribution >= 4 is 28.0 Å². The molecule has 0 aliphatic rings. The number of hydrogen-bond donors (Lipinski definition) is 1. The first-order chi connectivity index (χ1) is 8.25. The number of pyridine rings is 1. The van der Waals surface area contributed by atoms with Gasteiger partial charge in [0.05, 0.1) is 6.21 Å². The monoisotopic (exact) mass is 293 g/mol. The number of nitrogens with zero attached hydrogens (tertiary/aromatic N) is 2. The Morgan fingerprint density at radius 2 is 2.18 bits per heavy atom. The SMILES string of the molecule is Fc1ccc(Br)cc1/C=N\Nc1ccccn1. The van der Waals surface area contributed by atoms with Gasteiger partial charge < -0.3 is 0 Å². The minimum absolute atomic E-state index is 0.320. The maximum absolute atomic E-state index is 13.3. The van der Waals surface area contributed by atoms with E-state index in [1.807, 2.05) is 12.1 Å². The van der Waals surface area contributed by atoms with Crippen molar-refractivity contribution in [2.24, 2.45) is 5.10 Å². The summed E-state index contributed by atoms with van der Waals surface area (Å²) >= 11 is 3.27. The normalized spacial score (nSPS) is 10.7. The fourth-order valence-electron chi connectivity index (χ4n) is 1.21. The van der Waals surface area contributed by atoms with Crippen molar-refractivity contribution in [2.75, 3.05) is 5.43 Å².